The molecule has 1 aromatic rings. The summed E-state index contributed by atoms with van der Waals surface area (Å²) in [7, 11) is 0. The Kier molecular flexibility index (Phi) is 3.39. The molecule has 82 valence electrons. The predicted octanol–water partition coefficient (Wildman–Crippen LogP) is 2.51. The van der Waals surface area contributed by atoms with Gasteiger partial charge >= 0.3 is 0 Å². The van der Waals surface area contributed by atoms with Crippen LogP contribution in [-0.2, 0) is 11.3 Å². The molecule has 0 atom stereocenters. The largest absolute Gasteiger partial charge is 0.387 e. The Bertz CT molecular complexity index is 289. The third kappa shape index (κ3) is 3.05. The Hall–Kier alpha value is -0.860. The quantitative estimate of drug-likeness (QED) is 0.820. The number of ether oxygens (including phenoxy) is 1. The zero-order valence-electron chi connectivity index (χ0n) is 8.98. The van der Waals surface area contributed by atoms with E-state index in [1.165, 1.54) is 5.56 Å². The summed E-state index contributed by atoms with van der Waals surface area (Å²) in [5.41, 5.74) is 0.619. The van der Waals surface area contributed by atoms with E-state index in [-0.39, 0.29) is 0 Å². The van der Waals surface area contributed by atoms with Crippen LogP contribution in [0.5, 0.6) is 0 Å². The highest BCUT2D eigenvalue weighted by molar-refractivity contribution is 5.13. The zero-order valence-corrected chi connectivity index (χ0v) is 8.98. The van der Waals surface area contributed by atoms with Gasteiger partial charge in [-0.05, 0) is 18.4 Å². The molecule has 0 saturated heterocycles. The molecule has 0 spiro atoms. The van der Waals surface area contributed by atoms with Gasteiger partial charge in [-0.1, -0.05) is 43.2 Å². The minimum absolute atomic E-state index is 0.474. The van der Waals surface area contributed by atoms with Gasteiger partial charge in [0.05, 0.1) is 18.8 Å². The number of aliphatic hydroxyl groups is 1. The van der Waals surface area contributed by atoms with Crippen molar-refractivity contribution in [3.05, 3.63) is 35.9 Å². The highest BCUT2D eigenvalue weighted by Gasteiger charge is 2.31. The van der Waals surface area contributed by atoms with Crippen molar-refractivity contribution in [3.8, 4) is 0 Å². The molecule has 2 nitrogen and oxygen atoms in total. The lowest BCUT2D eigenvalue weighted by atomic mass is 10.0. The highest BCUT2D eigenvalue weighted by atomic mass is 16.5. The molecule has 1 aromatic carbocycles. The average molecular weight is 206 g/mol. The molecule has 0 aromatic heterocycles. The summed E-state index contributed by atoms with van der Waals surface area (Å²) in [5, 5.41) is 10.0. The van der Waals surface area contributed by atoms with E-state index in [2.05, 4.69) is 0 Å². The van der Waals surface area contributed by atoms with E-state index in [9.17, 15) is 5.11 Å². The van der Waals surface area contributed by atoms with Crippen molar-refractivity contribution < 1.29 is 9.84 Å². The minimum atomic E-state index is -0.547. The van der Waals surface area contributed by atoms with Gasteiger partial charge in [0.1, 0.15) is 0 Å². The third-order valence-corrected chi connectivity index (χ3v) is 3.02. The molecule has 0 amide bonds. The SMILES string of the molecule is OC1(COCc2ccccc2)CCCC1. The number of rotatable bonds is 4. The highest BCUT2D eigenvalue weighted by Crippen LogP contribution is 2.29. The van der Waals surface area contributed by atoms with E-state index in [1.807, 2.05) is 30.3 Å². The van der Waals surface area contributed by atoms with E-state index in [0.717, 1.165) is 25.7 Å². The Balaban J connectivity index is 1.75. The molecule has 0 heterocycles. The maximum atomic E-state index is 10.0. The monoisotopic (exact) mass is 206 g/mol. The molecule has 2 rings (SSSR count). The lowest BCUT2D eigenvalue weighted by Crippen LogP contribution is -2.30. The van der Waals surface area contributed by atoms with Gasteiger partial charge in [-0.25, -0.2) is 0 Å². The zero-order chi connectivity index (χ0) is 10.6. The maximum Gasteiger partial charge on any atom is 0.0880 e. The lowest BCUT2D eigenvalue weighted by molar-refractivity contribution is -0.0467. The third-order valence-electron chi connectivity index (χ3n) is 3.02. The first-order chi connectivity index (χ1) is 7.29. The predicted molar refractivity (Wildman–Crippen MR) is 59.5 cm³/mol. The van der Waals surface area contributed by atoms with E-state index in [1.54, 1.807) is 0 Å². The van der Waals surface area contributed by atoms with Crippen molar-refractivity contribution >= 4 is 0 Å². The molecule has 1 N–H and O–H groups in total. The van der Waals surface area contributed by atoms with Gasteiger partial charge in [0.25, 0.3) is 0 Å². The van der Waals surface area contributed by atoms with E-state index in [4.69, 9.17) is 4.74 Å². The van der Waals surface area contributed by atoms with Crippen LogP contribution in [-0.4, -0.2) is 17.3 Å². The van der Waals surface area contributed by atoms with E-state index in [0.29, 0.717) is 13.2 Å². The van der Waals surface area contributed by atoms with Crippen LogP contribution in [0.3, 0.4) is 0 Å². The molecular formula is C13H18O2. The Morgan fingerprint density at radius 1 is 1.13 bits per heavy atom. The van der Waals surface area contributed by atoms with Gasteiger partial charge in [-0.2, -0.15) is 0 Å². The molecule has 15 heavy (non-hydrogen) atoms. The maximum absolute atomic E-state index is 10.0. The normalized spacial score (nSPS) is 19.3. The molecule has 2 heteroatoms. The van der Waals surface area contributed by atoms with Crippen molar-refractivity contribution in [2.45, 2.75) is 37.9 Å². The number of benzene rings is 1. The minimum Gasteiger partial charge on any atom is -0.387 e. The van der Waals surface area contributed by atoms with E-state index >= 15 is 0 Å². The smallest absolute Gasteiger partial charge is 0.0880 e. The first-order valence-corrected chi connectivity index (χ1v) is 5.63. The van der Waals surface area contributed by atoms with Crippen molar-refractivity contribution in [1.29, 1.82) is 0 Å². The molecule has 1 aliphatic rings. The van der Waals surface area contributed by atoms with Crippen LogP contribution in [0.4, 0.5) is 0 Å². The summed E-state index contributed by atoms with van der Waals surface area (Å²) in [6.45, 7) is 1.07. The molecular weight excluding hydrogens is 188 g/mol. The molecule has 0 radical (unpaired) electrons. The average Bonchev–Trinajstić information content (AvgIpc) is 2.67. The summed E-state index contributed by atoms with van der Waals surface area (Å²) in [6.07, 6.45) is 4.04. The fraction of sp³-hybridized carbons (Fsp3) is 0.538. The second-order valence-electron chi connectivity index (χ2n) is 4.41. The first-order valence-electron chi connectivity index (χ1n) is 5.63. The summed E-state index contributed by atoms with van der Waals surface area (Å²) in [6, 6.07) is 10.1. The van der Waals surface area contributed by atoms with Gasteiger partial charge < -0.3 is 9.84 Å². The van der Waals surface area contributed by atoms with Gasteiger partial charge in [0.2, 0.25) is 0 Å². The second-order valence-corrected chi connectivity index (χ2v) is 4.41. The van der Waals surface area contributed by atoms with Crippen molar-refractivity contribution in [3.63, 3.8) is 0 Å². The second kappa shape index (κ2) is 4.77. The van der Waals surface area contributed by atoms with Crippen molar-refractivity contribution in [1.82, 2.24) is 0 Å². The Labute approximate surface area is 90.9 Å². The summed E-state index contributed by atoms with van der Waals surface area (Å²) < 4.78 is 5.56. The van der Waals surface area contributed by atoms with Crippen LogP contribution in [0.2, 0.25) is 0 Å². The van der Waals surface area contributed by atoms with Crippen LogP contribution in [0.25, 0.3) is 0 Å². The molecule has 1 saturated carbocycles. The number of hydrogen-bond acceptors (Lipinski definition) is 2. The van der Waals surface area contributed by atoms with Crippen LogP contribution in [0.1, 0.15) is 31.2 Å². The Morgan fingerprint density at radius 3 is 2.47 bits per heavy atom. The van der Waals surface area contributed by atoms with Crippen LogP contribution in [0.15, 0.2) is 30.3 Å². The van der Waals surface area contributed by atoms with Crippen LogP contribution < -0.4 is 0 Å². The first kappa shape index (κ1) is 10.7. The lowest BCUT2D eigenvalue weighted by Gasteiger charge is -2.21. The summed E-state index contributed by atoms with van der Waals surface area (Å²) in [4.78, 5) is 0. The van der Waals surface area contributed by atoms with Gasteiger partial charge in [-0.15, -0.1) is 0 Å². The van der Waals surface area contributed by atoms with Crippen LogP contribution >= 0.6 is 0 Å². The topological polar surface area (TPSA) is 29.5 Å². The van der Waals surface area contributed by atoms with E-state index < -0.39 is 5.60 Å². The fourth-order valence-corrected chi connectivity index (χ4v) is 2.11. The Morgan fingerprint density at radius 2 is 1.80 bits per heavy atom. The standard InChI is InChI=1S/C13H18O2/c14-13(8-4-5-9-13)11-15-10-12-6-2-1-3-7-12/h1-3,6-7,14H,4-5,8-11H2. The van der Waals surface area contributed by atoms with Crippen LogP contribution in [0, 0.1) is 0 Å². The van der Waals surface area contributed by atoms with Gasteiger partial charge in [0.15, 0.2) is 0 Å². The molecule has 0 bridgehead atoms. The van der Waals surface area contributed by atoms with Crippen molar-refractivity contribution in [2.75, 3.05) is 6.61 Å². The van der Waals surface area contributed by atoms with Gasteiger partial charge in [-0.3, -0.25) is 0 Å². The number of hydrogen-bond donors (Lipinski definition) is 1. The summed E-state index contributed by atoms with van der Waals surface area (Å²) in [5.74, 6) is 0. The van der Waals surface area contributed by atoms with Gasteiger partial charge in [0, 0.05) is 0 Å². The molecule has 0 unspecified atom stereocenters. The summed E-state index contributed by atoms with van der Waals surface area (Å²) >= 11 is 0. The fourth-order valence-electron chi connectivity index (χ4n) is 2.11. The molecule has 1 aliphatic carbocycles. The van der Waals surface area contributed by atoms with Crippen molar-refractivity contribution in [2.24, 2.45) is 0 Å². The molecule has 0 aliphatic heterocycles. The molecule has 1 fully saturated rings.